The first kappa shape index (κ1) is 42.8. The minimum absolute atomic E-state index is 0.778. The predicted molar refractivity (Wildman–Crippen MR) is 172 cm³/mol. The van der Waals surface area contributed by atoms with Gasteiger partial charge in [-0.1, -0.05) is 55.4 Å². The Morgan fingerprint density at radius 2 is 0.757 bits per heavy atom. The lowest BCUT2D eigenvalue weighted by Crippen LogP contribution is -2.43. The van der Waals surface area contributed by atoms with Gasteiger partial charge in [-0.05, 0) is 31.4 Å². The topological polar surface area (TPSA) is 12.4 Å². The molecule has 2 fully saturated rings. The molecule has 0 aromatic rings. The molecular formula is C32H73N5+4. The number of hydrogen-bond donors (Lipinski definition) is 0. The summed E-state index contributed by atoms with van der Waals surface area (Å²) in [5, 5.41) is 0. The van der Waals surface area contributed by atoms with Gasteiger partial charge in [0.05, 0.1) is 88.8 Å². The molecule has 0 aromatic carbocycles. The monoisotopic (exact) mass is 528 g/mol. The summed E-state index contributed by atoms with van der Waals surface area (Å²) >= 11 is 0. The van der Waals surface area contributed by atoms with E-state index in [1.807, 2.05) is 67.9 Å². The Balaban J connectivity index is -0.000000180. The smallest absolute Gasteiger partial charge is 0.194 e. The maximum Gasteiger partial charge on any atom is 0.194 e. The van der Waals surface area contributed by atoms with Gasteiger partial charge in [-0.3, -0.25) is 8.97 Å². The number of likely N-dealkylation sites (tertiary alicyclic amines) is 2. The molecule has 0 aliphatic carbocycles. The summed E-state index contributed by atoms with van der Waals surface area (Å²) in [6, 6.07) is 0. The molecule has 5 nitrogen and oxygen atoms in total. The molecule has 5 heteroatoms. The minimum Gasteiger partial charge on any atom is -0.328 e. The van der Waals surface area contributed by atoms with E-state index >= 15 is 0 Å². The molecule has 37 heavy (non-hydrogen) atoms. The third-order valence-corrected chi connectivity index (χ3v) is 5.76. The molecule has 4 aliphatic heterocycles. The third kappa shape index (κ3) is 29.1. The van der Waals surface area contributed by atoms with E-state index in [4.69, 9.17) is 0 Å². The molecule has 222 valence electrons. The van der Waals surface area contributed by atoms with Crippen LogP contribution in [0.4, 0.5) is 0 Å². The van der Waals surface area contributed by atoms with Crippen molar-refractivity contribution in [2.75, 3.05) is 82.6 Å². The summed E-state index contributed by atoms with van der Waals surface area (Å²) in [6.45, 7) is 21.6. The summed E-state index contributed by atoms with van der Waals surface area (Å²) in [5.74, 6) is 0. The zero-order valence-electron chi connectivity index (χ0n) is 28.6. The van der Waals surface area contributed by atoms with Gasteiger partial charge in [0.15, 0.2) is 6.34 Å². The highest BCUT2D eigenvalue weighted by molar-refractivity contribution is 5.50. The highest BCUT2D eigenvalue weighted by Gasteiger charge is 2.20. The van der Waals surface area contributed by atoms with E-state index in [1.165, 1.54) is 67.2 Å². The molecular weight excluding hydrogens is 454 g/mol. The predicted octanol–water partition coefficient (Wildman–Crippen LogP) is 7.89. The lowest BCUT2D eigenvalue weighted by molar-refractivity contribution is -0.894. The number of aliphatic imine (C=N–C) groups is 1. The van der Waals surface area contributed by atoms with Gasteiger partial charge in [0, 0.05) is 12.8 Å². The Kier molecular flexibility index (Phi) is 29.0. The van der Waals surface area contributed by atoms with Gasteiger partial charge in [-0.25, -0.2) is 4.99 Å². The fraction of sp³-hybridized carbons (Fsp3) is 0.781. The van der Waals surface area contributed by atoms with E-state index in [0.717, 1.165) is 8.97 Å². The van der Waals surface area contributed by atoms with Crippen LogP contribution in [0.3, 0.4) is 0 Å². The second kappa shape index (κ2) is 25.0. The summed E-state index contributed by atoms with van der Waals surface area (Å²) in [5.41, 5.74) is 0. The maximum atomic E-state index is 3.90. The van der Waals surface area contributed by atoms with Crippen LogP contribution >= 0.6 is 0 Å². The van der Waals surface area contributed by atoms with Crippen molar-refractivity contribution in [3.63, 3.8) is 0 Å². The van der Waals surface area contributed by atoms with Crippen LogP contribution < -0.4 is 0 Å². The fourth-order valence-electron chi connectivity index (χ4n) is 3.61. The lowest BCUT2D eigenvalue weighted by Gasteiger charge is -2.33. The van der Waals surface area contributed by atoms with Crippen LogP contribution in [-0.2, 0) is 0 Å². The first-order chi connectivity index (χ1) is 17.3. The molecule has 0 unspecified atom stereocenters. The van der Waals surface area contributed by atoms with Gasteiger partial charge >= 0.3 is 0 Å². The second-order valence-electron chi connectivity index (χ2n) is 11.0. The van der Waals surface area contributed by atoms with E-state index in [1.54, 1.807) is 6.20 Å². The molecule has 0 radical (unpaired) electrons. The molecule has 0 amide bonds. The maximum absolute atomic E-state index is 3.90. The molecule has 0 saturated carbocycles. The Bertz CT molecular complexity index is 520. The van der Waals surface area contributed by atoms with Crippen molar-refractivity contribution in [3.05, 3.63) is 37.0 Å². The standard InChI is InChI=1S/C7H16N.C6H14N.C6H10N.C5H9N2.4C2H6/c1-8(2)6-4-3-5-7-8;2*1-7(2)5-3-4-6-7;1-7(2)4-3-6-5-7;4*1-2/h3-7H2,1-2H3;3-6H2,1-2H3;3-6H,1-2H3;3-5H,1-2H3;4*1-2H3/q4*+1;;;;. The van der Waals surface area contributed by atoms with Gasteiger partial charge in [-0.2, -0.15) is 0 Å². The summed E-state index contributed by atoms with van der Waals surface area (Å²) in [7, 11) is 17.6. The number of rotatable bonds is 0. The lowest BCUT2D eigenvalue weighted by atomic mass is 10.1. The SMILES string of the molecule is CC.CC.CC.CC.C[N+]1(C)C=CC=C1.C[N+]1(C)C=CN=C1.C[N+]1(C)CCCC1.C[N+]1(C)CCCCC1. The zero-order chi connectivity index (χ0) is 30.0. The van der Waals surface area contributed by atoms with Gasteiger partial charge < -0.3 is 8.97 Å². The highest BCUT2D eigenvalue weighted by atomic mass is 15.3. The highest BCUT2D eigenvalue weighted by Crippen LogP contribution is 2.12. The van der Waals surface area contributed by atoms with Crippen molar-refractivity contribution in [3.8, 4) is 0 Å². The van der Waals surface area contributed by atoms with E-state index < -0.39 is 0 Å². The number of nitrogens with zero attached hydrogens (tertiary/aromatic N) is 5. The normalized spacial score (nSPS) is 21.0. The van der Waals surface area contributed by atoms with Crippen LogP contribution in [0, 0.1) is 0 Å². The average Bonchev–Trinajstić information content (AvgIpc) is 3.60. The molecule has 4 rings (SSSR count). The molecule has 0 bridgehead atoms. The van der Waals surface area contributed by atoms with Crippen LogP contribution in [0.2, 0.25) is 0 Å². The first-order valence-electron chi connectivity index (χ1n) is 15.2. The quantitative estimate of drug-likeness (QED) is 0.284. The summed E-state index contributed by atoms with van der Waals surface area (Å²) in [6.07, 6.45) is 21.3. The number of piperidine rings is 1. The van der Waals surface area contributed by atoms with Crippen LogP contribution in [0.25, 0.3) is 0 Å². The van der Waals surface area contributed by atoms with Gasteiger partial charge in [0.2, 0.25) is 0 Å². The largest absolute Gasteiger partial charge is 0.328 e. The molecule has 0 spiro atoms. The Hall–Kier alpha value is -1.27. The zero-order valence-corrected chi connectivity index (χ0v) is 28.6. The number of hydrogen-bond acceptors (Lipinski definition) is 1. The molecule has 0 atom stereocenters. The van der Waals surface area contributed by atoms with Crippen molar-refractivity contribution < 1.29 is 17.9 Å². The first-order valence-corrected chi connectivity index (χ1v) is 15.2. The molecule has 4 heterocycles. The Morgan fingerprint density at radius 1 is 0.432 bits per heavy atom. The van der Waals surface area contributed by atoms with Crippen molar-refractivity contribution >= 4 is 6.34 Å². The number of allylic oxidation sites excluding steroid dienone is 2. The van der Waals surface area contributed by atoms with Crippen LogP contribution in [0.15, 0.2) is 41.9 Å². The third-order valence-electron chi connectivity index (χ3n) is 5.76. The molecule has 2 saturated heterocycles. The van der Waals surface area contributed by atoms with Crippen molar-refractivity contribution in [2.24, 2.45) is 4.99 Å². The Labute approximate surface area is 236 Å². The summed E-state index contributed by atoms with van der Waals surface area (Å²) < 4.78 is 4.17. The van der Waals surface area contributed by atoms with Crippen LogP contribution in [-0.4, -0.2) is 107 Å². The van der Waals surface area contributed by atoms with Crippen LogP contribution in [0.5, 0.6) is 0 Å². The van der Waals surface area contributed by atoms with Crippen LogP contribution in [0.1, 0.15) is 87.5 Å². The molecule has 4 aliphatic rings. The molecule has 0 aromatic heterocycles. The summed E-state index contributed by atoms with van der Waals surface area (Å²) in [4.78, 5) is 3.90. The van der Waals surface area contributed by atoms with E-state index in [0.29, 0.717) is 0 Å². The van der Waals surface area contributed by atoms with E-state index in [-0.39, 0.29) is 0 Å². The van der Waals surface area contributed by atoms with Gasteiger partial charge in [0.25, 0.3) is 0 Å². The van der Waals surface area contributed by atoms with E-state index in [9.17, 15) is 0 Å². The fourth-order valence-corrected chi connectivity index (χ4v) is 3.61. The van der Waals surface area contributed by atoms with E-state index in [2.05, 4.69) is 85.9 Å². The minimum atomic E-state index is 0.778. The van der Waals surface area contributed by atoms with Crippen molar-refractivity contribution in [2.45, 2.75) is 87.5 Å². The second-order valence-corrected chi connectivity index (χ2v) is 11.0. The van der Waals surface area contributed by atoms with Crippen molar-refractivity contribution in [1.82, 2.24) is 0 Å². The molecule has 0 N–H and O–H groups in total. The van der Waals surface area contributed by atoms with Gasteiger partial charge in [-0.15, -0.1) is 0 Å². The Morgan fingerprint density at radius 3 is 0.892 bits per heavy atom. The van der Waals surface area contributed by atoms with Gasteiger partial charge in [0.1, 0.15) is 18.6 Å². The average molecular weight is 528 g/mol. The number of quaternary nitrogens is 4. The van der Waals surface area contributed by atoms with Crippen molar-refractivity contribution in [1.29, 1.82) is 0 Å².